The summed E-state index contributed by atoms with van der Waals surface area (Å²) in [5.41, 5.74) is 8.26. The molecular weight excluding hydrogens is 380 g/mol. The van der Waals surface area contributed by atoms with E-state index in [1.165, 1.54) is 11.9 Å². The number of benzene rings is 1. The third-order valence-electron chi connectivity index (χ3n) is 3.23. The van der Waals surface area contributed by atoms with Crippen molar-refractivity contribution < 1.29 is 4.79 Å². The number of carbonyl (C=O) groups excluding carboxylic acids is 1. The number of amides is 1. The van der Waals surface area contributed by atoms with Crippen molar-refractivity contribution in [3.63, 3.8) is 0 Å². The van der Waals surface area contributed by atoms with Gasteiger partial charge in [0.1, 0.15) is 0 Å². The Kier molecular flexibility index (Phi) is 18.1. The van der Waals surface area contributed by atoms with Crippen LogP contribution in [-0.2, 0) is 4.79 Å². The van der Waals surface area contributed by atoms with Crippen LogP contribution in [0.5, 0.6) is 0 Å². The largest absolute Gasteiger partial charge is 0.368 e. The fraction of sp³-hybridized carbons (Fsp3) is 0.522. The van der Waals surface area contributed by atoms with Gasteiger partial charge in [0.05, 0.1) is 5.69 Å². The van der Waals surface area contributed by atoms with Crippen LogP contribution in [0.3, 0.4) is 0 Å². The van der Waals surface area contributed by atoms with Gasteiger partial charge in [0.15, 0.2) is 0 Å². The first kappa shape index (κ1) is 29.1. The number of hydrogen-bond donors (Lipinski definition) is 2. The number of anilines is 1. The lowest BCUT2D eigenvalue weighted by atomic mass is 10.1. The van der Waals surface area contributed by atoms with Crippen LogP contribution in [-0.4, -0.2) is 15.9 Å². The molecule has 0 aliphatic rings. The fourth-order valence-corrected chi connectivity index (χ4v) is 2.71. The molecule has 0 saturated heterocycles. The van der Waals surface area contributed by atoms with Crippen LogP contribution in [0.4, 0.5) is 5.95 Å². The molecule has 0 aliphatic heterocycles. The number of nitrogens with two attached hydrogens (primary N) is 1. The van der Waals surface area contributed by atoms with Crippen molar-refractivity contribution in [2.24, 2.45) is 5.92 Å². The van der Waals surface area contributed by atoms with Crippen LogP contribution in [0.25, 0.3) is 11.3 Å². The van der Waals surface area contributed by atoms with Crippen LogP contribution in [0.15, 0.2) is 35.2 Å². The number of nitrogen functional groups attached to an aromatic ring is 1. The first-order valence-electron chi connectivity index (χ1n) is 10.6. The molecule has 2 aromatic rings. The highest BCUT2D eigenvalue weighted by Crippen LogP contribution is 2.24. The quantitative estimate of drug-likeness (QED) is 0.510. The summed E-state index contributed by atoms with van der Waals surface area (Å²) in [4.78, 5) is 21.1. The lowest BCUT2D eigenvalue weighted by molar-refractivity contribution is -0.119. The summed E-state index contributed by atoms with van der Waals surface area (Å²) < 4.78 is 2.88. The maximum atomic E-state index is 11.8. The van der Waals surface area contributed by atoms with E-state index in [9.17, 15) is 4.79 Å². The lowest BCUT2D eigenvalue weighted by Gasteiger charge is -2.08. The number of aromatic nitrogens is 2. The zero-order valence-electron chi connectivity index (χ0n) is 19.7. The Labute approximate surface area is 182 Å². The SMILES string of the molecule is CC.CC.CC.Cc1cc(-c2cccc(SNC(=O)CCC(C)C)c2)nc(N)n1. The van der Waals surface area contributed by atoms with E-state index in [1.807, 2.05) is 78.8 Å². The monoisotopic (exact) mass is 420 g/mol. The van der Waals surface area contributed by atoms with E-state index in [0.29, 0.717) is 12.3 Å². The number of carbonyl (C=O) groups is 1. The third kappa shape index (κ3) is 12.9. The van der Waals surface area contributed by atoms with Crippen LogP contribution < -0.4 is 10.5 Å². The Bertz CT molecular complexity index is 670. The predicted molar refractivity (Wildman–Crippen MR) is 129 cm³/mol. The molecule has 6 heteroatoms. The topological polar surface area (TPSA) is 80.9 Å². The number of hydrogen-bond acceptors (Lipinski definition) is 5. The molecule has 1 heterocycles. The maximum Gasteiger partial charge on any atom is 0.230 e. The van der Waals surface area contributed by atoms with E-state index < -0.39 is 0 Å². The standard InChI is InChI=1S/C17H22N4OS.3C2H6/c1-11(2)7-8-16(22)21-23-14-6-4-5-13(10-14)15-9-12(3)19-17(18)20-15;3*1-2/h4-6,9-11H,7-8H2,1-3H3,(H,21,22)(H2,18,19,20);3*1-2H3. The van der Waals surface area contributed by atoms with Gasteiger partial charge in [-0.05, 0) is 49.4 Å². The number of rotatable bonds is 6. The molecule has 0 bridgehead atoms. The number of nitrogens with one attached hydrogen (secondary N) is 1. The first-order valence-corrected chi connectivity index (χ1v) is 11.4. The molecule has 0 unspecified atom stereocenters. The van der Waals surface area contributed by atoms with Gasteiger partial charge in [-0.3, -0.25) is 9.52 Å². The van der Waals surface area contributed by atoms with E-state index in [0.717, 1.165) is 28.3 Å². The third-order valence-corrected chi connectivity index (χ3v) is 4.05. The second kappa shape index (κ2) is 18.0. The molecular formula is C23H40N4OS. The van der Waals surface area contributed by atoms with Crippen LogP contribution in [0, 0.1) is 12.8 Å². The maximum absolute atomic E-state index is 11.8. The smallest absolute Gasteiger partial charge is 0.230 e. The van der Waals surface area contributed by atoms with Crippen LogP contribution >= 0.6 is 11.9 Å². The van der Waals surface area contributed by atoms with Crippen molar-refractivity contribution >= 4 is 23.8 Å². The predicted octanol–water partition coefficient (Wildman–Crippen LogP) is 6.67. The van der Waals surface area contributed by atoms with E-state index in [2.05, 4.69) is 28.5 Å². The summed E-state index contributed by atoms with van der Waals surface area (Å²) in [5, 5.41) is 0. The van der Waals surface area contributed by atoms with Gasteiger partial charge >= 0.3 is 0 Å². The molecule has 3 N–H and O–H groups in total. The highest BCUT2D eigenvalue weighted by atomic mass is 32.2. The second-order valence-electron chi connectivity index (χ2n) is 5.84. The van der Waals surface area contributed by atoms with Crippen molar-refractivity contribution in [2.45, 2.75) is 80.1 Å². The molecule has 1 aromatic carbocycles. The Hall–Kier alpha value is -2.08. The molecule has 0 atom stereocenters. The van der Waals surface area contributed by atoms with Gasteiger partial charge in [-0.1, -0.05) is 67.5 Å². The zero-order valence-corrected chi connectivity index (χ0v) is 20.5. The minimum atomic E-state index is 0.0521. The summed E-state index contributed by atoms with van der Waals surface area (Å²) in [7, 11) is 0. The number of nitrogens with zero attached hydrogens (tertiary/aromatic N) is 2. The Balaban J connectivity index is 0. The average molecular weight is 421 g/mol. The summed E-state index contributed by atoms with van der Waals surface area (Å²) in [5.74, 6) is 0.844. The lowest BCUT2D eigenvalue weighted by Crippen LogP contribution is -2.15. The Morgan fingerprint density at radius 2 is 1.69 bits per heavy atom. The van der Waals surface area contributed by atoms with E-state index in [-0.39, 0.29) is 11.9 Å². The second-order valence-corrected chi connectivity index (χ2v) is 6.72. The van der Waals surface area contributed by atoms with Gasteiger partial charge in [-0.2, -0.15) is 0 Å². The number of aryl methyl sites for hydroxylation is 1. The van der Waals surface area contributed by atoms with E-state index >= 15 is 0 Å². The first-order chi connectivity index (χ1) is 13.9. The molecule has 0 saturated carbocycles. The molecule has 0 spiro atoms. The highest BCUT2D eigenvalue weighted by molar-refractivity contribution is 7.98. The van der Waals surface area contributed by atoms with Crippen molar-refractivity contribution in [2.75, 3.05) is 5.73 Å². The Morgan fingerprint density at radius 1 is 1.07 bits per heavy atom. The molecule has 0 fully saturated rings. The molecule has 29 heavy (non-hydrogen) atoms. The van der Waals surface area contributed by atoms with Gasteiger partial charge in [0.25, 0.3) is 0 Å². The van der Waals surface area contributed by atoms with E-state index in [4.69, 9.17) is 5.73 Å². The minimum Gasteiger partial charge on any atom is -0.368 e. The minimum absolute atomic E-state index is 0.0521. The molecule has 0 radical (unpaired) electrons. The van der Waals surface area contributed by atoms with Gasteiger partial charge in [-0.15, -0.1) is 0 Å². The summed E-state index contributed by atoms with van der Waals surface area (Å²) in [6, 6.07) is 9.72. The van der Waals surface area contributed by atoms with Crippen LogP contribution in [0.2, 0.25) is 0 Å². The highest BCUT2D eigenvalue weighted by Gasteiger charge is 2.07. The average Bonchev–Trinajstić information content (AvgIpc) is 2.74. The van der Waals surface area contributed by atoms with E-state index in [1.54, 1.807) is 0 Å². The van der Waals surface area contributed by atoms with Gasteiger partial charge in [0, 0.05) is 22.6 Å². The van der Waals surface area contributed by atoms with Gasteiger partial charge in [-0.25, -0.2) is 9.97 Å². The van der Waals surface area contributed by atoms with Gasteiger partial charge in [0.2, 0.25) is 11.9 Å². The molecule has 164 valence electrons. The van der Waals surface area contributed by atoms with Crippen molar-refractivity contribution in [1.82, 2.24) is 14.7 Å². The molecule has 0 aliphatic carbocycles. The van der Waals surface area contributed by atoms with Crippen molar-refractivity contribution in [3.8, 4) is 11.3 Å². The van der Waals surface area contributed by atoms with Crippen LogP contribution in [0.1, 0.15) is 73.9 Å². The molecule has 5 nitrogen and oxygen atoms in total. The normalized spacial score (nSPS) is 9.17. The van der Waals surface area contributed by atoms with Crippen molar-refractivity contribution in [3.05, 3.63) is 36.0 Å². The summed E-state index contributed by atoms with van der Waals surface area (Å²) >= 11 is 1.32. The summed E-state index contributed by atoms with van der Waals surface area (Å²) in [6.45, 7) is 18.1. The fourth-order valence-electron chi connectivity index (χ4n) is 2.04. The molecule has 2 rings (SSSR count). The van der Waals surface area contributed by atoms with Crippen molar-refractivity contribution in [1.29, 1.82) is 0 Å². The Morgan fingerprint density at radius 3 is 2.24 bits per heavy atom. The molecule has 1 aromatic heterocycles. The zero-order chi connectivity index (χ0) is 22.8. The molecule has 1 amide bonds. The van der Waals surface area contributed by atoms with Gasteiger partial charge < -0.3 is 5.73 Å². The summed E-state index contributed by atoms with van der Waals surface area (Å²) in [6.07, 6.45) is 1.44.